The molecule has 0 spiro atoms. The number of carbonyl (C=O) groups is 2. The predicted molar refractivity (Wildman–Crippen MR) is 115 cm³/mol. The van der Waals surface area contributed by atoms with Crippen LogP contribution in [-0.4, -0.2) is 49.2 Å². The third-order valence-corrected chi connectivity index (χ3v) is 6.84. The fourth-order valence-corrected chi connectivity index (χ4v) is 5.28. The number of methoxy groups -OCH3 is 1. The quantitative estimate of drug-likeness (QED) is 0.446. The normalized spacial score (nSPS) is 11.9. The summed E-state index contributed by atoms with van der Waals surface area (Å²) >= 11 is 0. The van der Waals surface area contributed by atoms with E-state index < -0.39 is 16.0 Å². The number of nitrogens with zero attached hydrogens (tertiary/aromatic N) is 2. The van der Waals surface area contributed by atoms with Crippen LogP contribution in [0, 0.1) is 19.8 Å². The number of esters is 1. The molecule has 0 saturated carbocycles. The van der Waals surface area contributed by atoms with E-state index in [9.17, 15) is 18.0 Å². The molecular weight excluding hydrogens is 404 g/mol. The molecule has 0 amide bonds. The van der Waals surface area contributed by atoms with Crippen molar-refractivity contribution in [3.05, 3.63) is 52.8 Å². The molecular formula is C22H30N2O5S. The average molecular weight is 435 g/mol. The molecule has 0 bridgehead atoms. The number of hydrogen-bond acceptors (Lipinski definition) is 5. The number of carbonyl (C=O) groups excluding carboxylic acids is 2. The fourth-order valence-electron chi connectivity index (χ4n) is 3.70. The van der Waals surface area contributed by atoms with Gasteiger partial charge in [0, 0.05) is 24.3 Å². The molecule has 30 heavy (non-hydrogen) atoms. The van der Waals surface area contributed by atoms with Gasteiger partial charge in [-0.2, -0.15) is 4.31 Å². The van der Waals surface area contributed by atoms with Gasteiger partial charge in [-0.25, -0.2) is 13.2 Å². The molecule has 0 N–H and O–H groups in total. The maximum absolute atomic E-state index is 13.3. The first kappa shape index (κ1) is 23.8. The second-order valence-electron chi connectivity index (χ2n) is 7.60. The highest BCUT2D eigenvalue weighted by Gasteiger charge is 2.31. The van der Waals surface area contributed by atoms with E-state index in [1.807, 2.05) is 20.8 Å². The van der Waals surface area contributed by atoms with Crippen LogP contribution in [0.5, 0.6) is 0 Å². The smallest absolute Gasteiger partial charge is 0.354 e. The Morgan fingerprint density at radius 2 is 1.73 bits per heavy atom. The Kier molecular flexibility index (Phi) is 7.60. The summed E-state index contributed by atoms with van der Waals surface area (Å²) in [5, 5.41) is 0. The molecule has 0 atom stereocenters. The molecule has 0 aliphatic rings. The number of ketones is 1. The molecule has 0 aliphatic carbocycles. The van der Waals surface area contributed by atoms with E-state index in [1.54, 1.807) is 36.6 Å². The molecule has 1 aromatic carbocycles. The van der Waals surface area contributed by atoms with E-state index in [-0.39, 0.29) is 29.7 Å². The summed E-state index contributed by atoms with van der Waals surface area (Å²) in [5.74, 6) is -0.834. The number of ether oxygens (including phenoxy) is 1. The lowest BCUT2D eigenvalue weighted by Crippen LogP contribution is -2.38. The van der Waals surface area contributed by atoms with Crippen LogP contribution in [-0.2, 0) is 21.3 Å². The van der Waals surface area contributed by atoms with Gasteiger partial charge in [0.05, 0.1) is 18.6 Å². The van der Waals surface area contributed by atoms with Gasteiger partial charge in [0.2, 0.25) is 10.0 Å². The first-order valence-corrected chi connectivity index (χ1v) is 11.4. The van der Waals surface area contributed by atoms with Crippen molar-refractivity contribution in [1.82, 2.24) is 8.87 Å². The van der Waals surface area contributed by atoms with E-state index in [2.05, 4.69) is 0 Å². The Bertz CT molecular complexity index is 1020. The highest BCUT2D eigenvalue weighted by atomic mass is 32.2. The summed E-state index contributed by atoms with van der Waals surface area (Å²) < 4.78 is 34.2. The molecule has 0 aliphatic heterocycles. The third kappa shape index (κ3) is 4.65. The van der Waals surface area contributed by atoms with Crippen LogP contribution in [0.2, 0.25) is 0 Å². The molecule has 1 heterocycles. The van der Waals surface area contributed by atoms with Crippen LogP contribution in [0.25, 0.3) is 0 Å². The zero-order chi connectivity index (χ0) is 22.6. The van der Waals surface area contributed by atoms with Crippen LogP contribution in [0.3, 0.4) is 0 Å². The van der Waals surface area contributed by atoms with Crippen molar-refractivity contribution in [1.29, 1.82) is 0 Å². The van der Waals surface area contributed by atoms with Crippen LogP contribution in [0.1, 0.15) is 52.9 Å². The van der Waals surface area contributed by atoms with Gasteiger partial charge in [0.25, 0.3) is 0 Å². The first-order chi connectivity index (χ1) is 14.1. The van der Waals surface area contributed by atoms with Gasteiger partial charge >= 0.3 is 5.97 Å². The molecule has 164 valence electrons. The zero-order valence-electron chi connectivity index (χ0n) is 18.4. The van der Waals surface area contributed by atoms with Gasteiger partial charge in [0.1, 0.15) is 5.69 Å². The second-order valence-corrected chi connectivity index (χ2v) is 9.54. The summed E-state index contributed by atoms with van der Waals surface area (Å²) in [6.07, 6.45) is 0. The molecule has 0 radical (unpaired) electrons. The van der Waals surface area contributed by atoms with Gasteiger partial charge in [-0.3, -0.25) is 4.79 Å². The topological polar surface area (TPSA) is 85.7 Å². The SMILES string of the molecule is CCn1c(C)c(C(=O)CN(CC(C)C)S(=O)(=O)c2ccccc2)c(C)c1C(=O)OC. The Morgan fingerprint density at radius 1 is 1.13 bits per heavy atom. The standard InChI is InChI=1S/C22H30N2O5S/c1-7-24-17(5)20(16(4)21(24)22(26)29-6)19(25)14-23(13-15(2)3)30(27,28)18-11-9-8-10-12-18/h8-12,15H,7,13-14H2,1-6H3. The van der Waals surface area contributed by atoms with Crippen molar-refractivity contribution < 1.29 is 22.7 Å². The Morgan fingerprint density at radius 3 is 2.23 bits per heavy atom. The van der Waals surface area contributed by atoms with Gasteiger partial charge in [-0.1, -0.05) is 32.0 Å². The Labute approximate surface area is 178 Å². The van der Waals surface area contributed by atoms with Crippen LogP contribution in [0.15, 0.2) is 35.2 Å². The van der Waals surface area contributed by atoms with Gasteiger partial charge < -0.3 is 9.30 Å². The lowest BCUT2D eigenvalue weighted by Gasteiger charge is -2.23. The number of aromatic nitrogens is 1. The van der Waals surface area contributed by atoms with Crippen molar-refractivity contribution >= 4 is 21.8 Å². The molecule has 1 aromatic heterocycles. The predicted octanol–water partition coefficient (Wildman–Crippen LogP) is 3.44. The monoisotopic (exact) mass is 434 g/mol. The molecule has 2 rings (SSSR count). The Balaban J connectivity index is 2.49. The number of rotatable bonds is 9. The summed E-state index contributed by atoms with van der Waals surface area (Å²) in [6.45, 7) is 9.52. The summed E-state index contributed by atoms with van der Waals surface area (Å²) in [7, 11) is -2.55. The summed E-state index contributed by atoms with van der Waals surface area (Å²) in [5.41, 5.74) is 1.83. The molecule has 2 aromatic rings. The minimum atomic E-state index is -3.84. The van der Waals surface area contributed by atoms with Gasteiger partial charge in [0.15, 0.2) is 5.78 Å². The van der Waals surface area contributed by atoms with Crippen LogP contribution < -0.4 is 0 Å². The largest absolute Gasteiger partial charge is 0.464 e. The number of sulfonamides is 1. The van der Waals surface area contributed by atoms with Gasteiger partial charge in [-0.05, 0) is 44.4 Å². The maximum Gasteiger partial charge on any atom is 0.354 e. The minimum Gasteiger partial charge on any atom is -0.464 e. The zero-order valence-corrected chi connectivity index (χ0v) is 19.2. The van der Waals surface area contributed by atoms with Gasteiger partial charge in [-0.15, -0.1) is 0 Å². The maximum atomic E-state index is 13.3. The van der Waals surface area contributed by atoms with Crippen molar-refractivity contribution in [3.8, 4) is 0 Å². The molecule has 0 saturated heterocycles. The lowest BCUT2D eigenvalue weighted by molar-refractivity contribution is 0.0587. The third-order valence-electron chi connectivity index (χ3n) is 5.01. The Hall–Kier alpha value is -2.45. The number of hydrogen-bond donors (Lipinski definition) is 0. The second kappa shape index (κ2) is 9.57. The first-order valence-electron chi connectivity index (χ1n) is 9.92. The highest BCUT2D eigenvalue weighted by Crippen LogP contribution is 2.25. The highest BCUT2D eigenvalue weighted by molar-refractivity contribution is 7.89. The van der Waals surface area contributed by atoms with Crippen LogP contribution >= 0.6 is 0 Å². The van der Waals surface area contributed by atoms with Crippen molar-refractivity contribution in [3.63, 3.8) is 0 Å². The average Bonchev–Trinajstić information content (AvgIpc) is 2.96. The van der Waals surface area contributed by atoms with Crippen molar-refractivity contribution in [2.75, 3.05) is 20.2 Å². The number of Topliss-reactive ketones (excluding diaryl/α,β-unsaturated/α-hetero) is 1. The summed E-state index contributed by atoms with van der Waals surface area (Å²) in [6, 6.07) is 8.09. The fraction of sp³-hybridized carbons (Fsp3) is 0.455. The molecule has 0 fully saturated rings. The molecule has 8 heteroatoms. The minimum absolute atomic E-state index is 0.0318. The molecule has 7 nitrogen and oxygen atoms in total. The van der Waals surface area contributed by atoms with Crippen molar-refractivity contribution in [2.24, 2.45) is 5.92 Å². The van der Waals surface area contributed by atoms with E-state index in [0.29, 0.717) is 29.1 Å². The lowest BCUT2D eigenvalue weighted by atomic mass is 10.1. The van der Waals surface area contributed by atoms with Crippen LogP contribution in [0.4, 0.5) is 0 Å². The van der Waals surface area contributed by atoms with E-state index in [0.717, 1.165) is 0 Å². The summed E-state index contributed by atoms with van der Waals surface area (Å²) in [4.78, 5) is 25.7. The van der Waals surface area contributed by atoms with E-state index in [4.69, 9.17) is 4.74 Å². The molecule has 0 unspecified atom stereocenters. The van der Waals surface area contributed by atoms with E-state index in [1.165, 1.54) is 23.5 Å². The number of benzene rings is 1. The van der Waals surface area contributed by atoms with Crippen molar-refractivity contribution in [2.45, 2.75) is 46.1 Å². The van der Waals surface area contributed by atoms with E-state index >= 15 is 0 Å².